The van der Waals surface area contributed by atoms with Crippen molar-refractivity contribution >= 4 is 23.6 Å². The summed E-state index contributed by atoms with van der Waals surface area (Å²) >= 11 is 1.34. The van der Waals surface area contributed by atoms with Crippen LogP contribution < -0.4 is 5.73 Å². The molecule has 2 atom stereocenters. The molecule has 1 amide bonds. The lowest BCUT2D eigenvalue weighted by atomic mass is 10.3. The maximum atomic E-state index is 11.4. The van der Waals surface area contributed by atoms with Crippen LogP contribution >= 0.6 is 11.8 Å². The number of thioether (sulfide) groups is 1. The maximum Gasteiger partial charge on any atom is 0.353 e. The number of nitrogens with zero attached hydrogens (tertiary/aromatic N) is 1. The van der Waals surface area contributed by atoms with Gasteiger partial charge in [0.1, 0.15) is 5.70 Å². The van der Waals surface area contributed by atoms with Crippen LogP contribution in [-0.4, -0.2) is 33.3 Å². The number of carbonyl (C=O) groups is 2. The number of carbonyl (C=O) groups excluding carboxylic acids is 1. The van der Waals surface area contributed by atoms with E-state index in [1.54, 1.807) is 0 Å². The SMILES string of the molecule is N[C@H]1C[C@H]2SC=C(C(=O)O)N2C1=O. The van der Waals surface area contributed by atoms with E-state index >= 15 is 0 Å². The van der Waals surface area contributed by atoms with E-state index in [1.807, 2.05) is 0 Å². The number of carboxylic acids is 1. The first-order valence-electron chi connectivity index (χ1n) is 3.79. The number of hydrogen-bond acceptors (Lipinski definition) is 4. The fraction of sp³-hybridized carbons (Fsp3) is 0.429. The highest BCUT2D eigenvalue weighted by molar-refractivity contribution is 8.03. The third-order valence-electron chi connectivity index (χ3n) is 2.11. The Balaban J connectivity index is 2.28. The molecule has 0 aromatic carbocycles. The van der Waals surface area contributed by atoms with Gasteiger partial charge < -0.3 is 10.8 Å². The van der Waals surface area contributed by atoms with Crippen molar-refractivity contribution in [2.45, 2.75) is 17.8 Å². The van der Waals surface area contributed by atoms with Gasteiger partial charge in [-0.3, -0.25) is 9.69 Å². The molecule has 0 spiro atoms. The van der Waals surface area contributed by atoms with E-state index in [4.69, 9.17) is 10.8 Å². The van der Waals surface area contributed by atoms with Gasteiger partial charge in [0.15, 0.2) is 0 Å². The van der Waals surface area contributed by atoms with Gasteiger partial charge in [0.05, 0.1) is 11.4 Å². The van der Waals surface area contributed by atoms with Crippen LogP contribution in [0.5, 0.6) is 0 Å². The fourth-order valence-corrected chi connectivity index (χ4v) is 2.65. The van der Waals surface area contributed by atoms with E-state index < -0.39 is 12.0 Å². The van der Waals surface area contributed by atoms with Gasteiger partial charge in [0, 0.05) is 11.8 Å². The Hall–Kier alpha value is -1.01. The smallest absolute Gasteiger partial charge is 0.353 e. The van der Waals surface area contributed by atoms with Gasteiger partial charge in [-0.2, -0.15) is 0 Å². The molecule has 0 bridgehead atoms. The van der Waals surface area contributed by atoms with Gasteiger partial charge in [0.2, 0.25) is 5.91 Å². The Morgan fingerprint density at radius 2 is 2.46 bits per heavy atom. The summed E-state index contributed by atoms with van der Waals surface area (Å²) in [6.07, 6.45) is 0.525. The molecule has 3 N–H and O–H groups in total. The fourth-order valence-electron chi connectivity index (χ4n) is 1.49. The third kappa shape index (κ3) is 1.13. The standard InChI is InChI=1S/C7H8N2O3S/c8-3-1-5-9(6(3)10)4(2-13-5)7(11)12/h2-3,5H,1,8H2,(H,11,12)/t3-,5+/m0/s1. The van der Waals surface area contributed by atoms with Crippen molar-refractivity contribution in [1.82, 2.24) is 4.90 Å². The van der Waals surface area contributed by atoms with Gasteiger partial charge in [-0.05, 0) is 0 Å². The minimum Gasteiger partial charge on any atom is -0.477 e. The molecule has 2 rings (SSSR count). The number of aliphatic carboxylic acids is 1. The van der Waals surface area contributed by atoms with Gasteiger partial charge in [-0.1, -0.05) is 0 Å². The van der Waals surface area contributed by atoms with Crippen molar-refractivity contribution in [3.8, 4) is 0 Å². The number of fused-ring (bicyclic) bond motifs is 1. The molecule has 1 fully saturated rings. The van der Waals surface area contributed by atoms with Gasteiger partial charge in [-0.15, -0.1) is 11.8 Å². The number of nitrogens with two attached hydrogens (primary N) is 1. The van der Waals surface area contributed by atoms with Gasteiger partial charge >= 0.3 is 5.97 Å². The van der Waals surface area contributed by atoms with Gasteiger partial charge in [0.25, 0.3) is 0 Å². The summed E-state index contributed by atoms with van der Waals surface area (Å²) in [7, 11) is 0. The molecule has 13 heavy (non-hydrogen) atoms. The Morgan fingerprint density at radius 1 is 1.77 bits per heavy atom. The van der Waals surface area contributed by atoms with E-state index in [0.717, 1.165) is 0 Å². The van der Waals surface area contributed by atoms with Crippen molar-refractivity contribution in [2.24, 2.45) is 5.73 Å². The molecule has 2 heterocycles. The first-order valence-corrected chi connectivity index (χ1v) is 4.73. The van der Waals surface area contributed by atoms with E-state index in [9.17, 15) is 9.59 Å². The van der Waals surface area contributed by atoms with Crippen molar-refractivity contribution in [1.29, 1.82) is 0 Å². The van der Waals surface area contributed by atoms with Crippen molar-refractivity contribution in [2.75, 3.05) is 0 Å². The predicted molar refractivity (Wildman–Crippen MR) is 46.5 cm³/mol. The van der Waals surface area contributed by atoms with Crippen LogP contribution in [0.25, 0.3) is 0 Å². The second-order valence-electron chi connectivity index (χ2n) is 2.95. The zero-order valence-corrected chi connectivity index (χ0v) is 7.45. The van der Waals surface area contributed by atoms with Crippen LogP contribution in [0.15, 0.2) is 11.1 Å². The molecule has 0 unspecified atom stereocenters. The number of amides is 1. The molecule has 70 valence electrons. The normalized spacial score (nSPS) is 31.9. The van der Waals surface area contributed by atoms with Crippen LogP contribution in [-0.2, 0) is 9.59 Å². The number of carboxylic acid groups (broad SMARTS) is 1. The first kappa shape index (κ1) is 8.58. The van der Waals surface area contributed by atoms with E-state index in [0.29, 0.717) is 6.42 Å². The van der Waals surface area contributed by atoms with E-state index in [1.165, 1.54) is 22.1 Å². The lowest BCUT2D eigenvalue weighted by molar-refractivity contribution is -0.138. The maximum absolute atomic E-state index is 11.4. The summed E-state index contributed by atoms with van der Waals surface area (Å²) in [5, 5.41) is 10.1. The summed E-state index contributed by atoms with van der Waals surface area (Å²) < 4.78 is 0. The summed E-state index contributed by atoms with van der Waals surface area (Å²) in [6, 6.07) is -0.541. The monoisotopic (exact) mass is 200 g/mol. The minimum atomic E-state index is -1.07. The molecule has 0 aromatic heterocycles. The van der Waals surface area contributed by atoms with Crippen LogP contribution in [0.1, 0.15) is 6.42 Å². The second kappa shape index (κ2) is 2.74. The molecular formula is C7H8N2O3S. The zero-order valence-electron chi connectivity index (χ0n) is 6.64. The summed E-state index contributed by atoms with van der Waals surface area (Å²) in [6.45, 7) is 0. The number of hydrogen-bond donors (Lipinski definition) is 2. The second-order valence-corrected chi connectivity index (χ2v) is 4.00. The van der Waals surface area contributed by atoms with Crippen molar-refractivity contribution < 1.29 is 14.7 Å². The molecule has 6 heteroatoms. The molecule has 1 saturated heterocycles. The zero-order chi connectivity index (χ0) is 9.59. The highest BCUT2D eigenvalue weighted by Gasteiger charge is 2.44. The van der Waals surface area contributed by atoms with Crippen LogP contribution in [0.3, 0.4) is 0 Å². The Morgan fingerprint density at radius 3 is 3.08 bits per heavy atom. The molecule has 0 radical (unpaired) electrons. The van der Waals surface area contributed by atoms with E-state index in [2.05, 4.69) is 0 Å². The third-order valence-corrected chi connectivity index (χ3v) is 3.19. The average Bonchev–Trinajstić information content (AvgIpc) is 2.55. The van der Waals surface area contributed by atoms with Crippen molar-refractivity contribution in [3.05, 3.63) is 11.1 Å². The van der Waals surface area contributed by atoms with Crippen LogP contribution in [0.4, 0.5) is 0 Å². The summed E-state index contributed by atoms with van der Waals surface area (Å²) in [5.41, 5.74) is 5.56. The quantitative estimate of drug-likeness (QED) is 0.598. The molecule has 0 aliphatic carbocycles. The summed E-state index contributed by atoms with van der Waals surface area (Å²) in [5.74, 6) is -1.36. The van der Waals surface area contributed by atoms with Crippen LogP contribution in [0, 0.1) is 0 Å². The average molecular weight is 200 g/mol. The molecule has 5 nitrogen and oxygen atoms in total. The Labute approximate surface area is 78.6 Å². The minimum absolute atomic E-state index is 0.0490. The Bertz CT molecular complexity index is 315. The molecular weight excluding hydrogens is 192 g/mol. The van der Waals surface area contributed by atoms with E-state index in [-0.39, 0.29) is 17.0 Å². The molecule has 0 aromatic rings. The van der Waals surface area contributed by atoms with Crippen LogP contribution in [0.2, 0.25) is 0 Å². The first-order chi connectivity index (χ1) is 6.11. The largest absolute Gasteiger partial charge is 0.477 e. The highest BCUT2D eigenvalue weighted by Crippen LogP contribution is 2.38. The number of rotatable bonds is 1. The molecule has 2 aliphatic heterocycles. The summed E-state index contributed by atoms with van der Waals surface area (Å²) in [4.78, 5) is 23.3. The predicted octanol–water partition coefficient (Wildman–Crippen LogP) is -0.455. The molecule has 2 aliphatic rings. The lowest BCUT2D eigenvalue weighted by Crippen LogP contribution is -2.35. The highest BCUT2D eigenvalue weighted by atomic mass is 32.2. The topological polar surface area (TPSA) is 83.6 Å². The van der Waals surface area contributed by atoms with Gasteiger partial charge in [-0.25, -0.2) is 4.79 Å². The van der Waals surface area contributed by atoms with Crippen molar-refractivity contribution in [3.63, 3.8) is 0 Å². The molecule has 0 saturated carbocycles. The Kier molecular flexibility index (Phi) is 1.81. The lowest BCUT2D eigenvalue weighted by Gasteiger charge is -2.15.